The molecule has 3 atom stereocenters. The Kier molecular flexibility index (Phi) is 4.02. The van der Waals surface area contributed by atoms with Gasteiger partial charge in [-0.05, 0) is 31.1 Å². The molecule has 98 valence electrons. The monoisotopic (exact) mass is 238 g/mol. The van der Waals surface area contributed by atoms with E-state index in [1.165, 1.54) is 57.8 Å². The van der Waals surface area contributed by atoms with Crippen molar-refractivity contribution in [1.29, 1.82) is 0 Å². The van der Waals surface area contributed by atoms with Gasteiger partial charge in [0.05, 0.1) is 6.61 Å². The third-order valence-corrected chi connectivity index (χ3v) is 5.06. The Bertz CT molecular complexity index is 235. The molecule has 0 aromatic rings. The summed E-state index contributed by atoms with van der Waals surface area (Å²) < 4.78 is 11.5. The molecule has 0 N–H and O–H groups in total. The molecule has 0 aromatic heterocycles. The van der Waals surface area contributed by atoms with Crippen molar-refractivity contribution in [3.63, 3.8) is 0 Å². The molecule has 3 aliphatic rings. The zero-order valence-corrected chi connectivity index (χ0v) is 10.9. The summed E-state index contributed by atoms with van der Waals surface area (Å²) in [5.74, 6) is 2.53. The lowest BCUT2D eigenvalue weighted by atomic mass is 9.80. The molecule has 0 unspecified atom stereocenters. The molecule has 2 saturated heterocycles. The van der Waals surface area contributed by atoms with Crippen molar-refractivity contribution in [2.24, 2.45) is 17.8 Å². The number of fused-ring (bicyclic) bond motifs is 1. The fraction of sp³-hybridized carbons (Fsp3) is 1.00. The van der Waals surface area contributed by atoms with Crippen LogP contribution in [0.5, 0.6) is 0 Å². The van der Waals surface area contributed by atoms with E-state index in [0.717, 1.165) is 25.0 Å². The van der Waals surface area contributed by atoms with Gasteiger partial charge in [-0.2, -0.15) is 0 Å². The van der Waals surface area contributed by atoms with Gasteiger partial charge in [0.1, 0.15) is 0 Å². The molecular weight excluding hydrogens is 212 g/mol. The van der Waals surface area contributed by atoms with Gasteiger partial charge in [-0.3, -0.25) is 0 Å². The maximum atomic E-state index is 5.79. The molecule has 17 heavy (non-hydrogen) atoms. The van der Waals surface area contributed by atoms with E-state index in [1.807, 2.05) is 0 Å². The van der Waals surface area contributed by atoms with Crippen LogP contribution < -0.4 is 0 Å². The van der Waals surface area contributed by atoms with Gasteiger partial charge in [0.25, 0.3) is 0 Å². The third kappa shape index (κ3) is 2.85. The van der Waals surface area contributed by atoms with E-state index in [-0.39, 0.29) is 6.29 Å². The van der Waals surface area contributed by atoms with Gasteiger partial charge in [-0.1, -0.05) is 38.5 Å². The summed E-state index contributed by atoms with van der Waals surface area (Å²) in [5.41, 5.74) is 0. The molecule has 1 aliphatic carbocycles. The van der Waals surface area contributed by atoms with Crippen molar-refractivity contribution in [2.45, 2.75) is 64.1 Å². The summed E-state index contributed by atoms with van der Waals surface area (Å²) >= 11 is 0. The number of ether oxygens (including phenoxy) is 2. The van der Waals surface area contributed by atoms with E-state index in [0.29, 0.717) is 5.92 Å². The Hall–Kier alpha value is -0.0800. The van der Waals surface area contributed by atoms with E-state index in [9.17, 15) is 0 Å². The molecule has 0 aromatic carbocycles. The second-order valence-electron chi connectivity index (χ2n) is 6.22. The third-order valence-electron chi connectivity index (χ3n) is 5.06. The highest BCUT2D eigenvalue weighted by atomic mass is 16.7. The molecule has 0 amide bonds. The largest absolute Gasteiger partial charge is 0.352 e. The molecule has 2 aliphatic heterocycles. The van der Waals surface area contributed by atoms with Crippen molar-refractivity contribution in [3.8, 4) is 0 Å². The number of rotatable bonds is 3. The molecular formula is C15H26O2. The van der Waals surface area contributed by atoms with Crippen LogP contribution >= 0.6 is 0 Å². The predicted octanol–water partition coefficient (Wildman–Crippen LogP) is 3.75. The van der Waals surface area contributed by atoms with E-state index in [1.54, 1.807) is 0 Å². The minimum Gasteiger partial charge on any atom is -0.352 e. The van der Waals surface area contributed by atoms with Crippen LogP contribution in [-0.4, -0.2) is 19.5 Å². The Labute approximate surface area is 105 Å². The van der Waals surface area contributed by atoms with Crippen LogP contribution in [0.15, 0.2) is 0 Å². The molecule has 2 nitrogen and oxygen atoms in total. The van der Waals surface area contributed by atoms with Crippen molar-refractivity contribution in [3.05, 3.63) is 0 Å². The normalized spacial score (nSPS) is 39.2. The zero-order valence-electron chi connectivity index (χ0n) is 10.9. The van der Waals surface area contributed by atoms with Gasteiger partial charge in [0, 0.05) is 12.5 Å². The first-order valence-electron chi connectivity index (χ1n) is 7.66. The highest BCUT2D eigenvalue weighted by molar-refractivity contribution is 4.82. The van der Waals surface area contributed by atoms with Gasteiger partial charge in [0.2, 0.25) is 0 Å². The Balaban J connectivity index is 1.45. The van der Waals surface area contributed by atoms with Crippen LogP contribution in [0.1, 0.15) is 57.8 Å². The maximum absolute atomic E-state index is 5.79. The first kappa shape index (κ1) is 12.0. The SMILES string of the molecule is C1CCC(CC[C@@H]2CO[C@@H]3OCCC[C@H]23)CC1. The highest BCUT2D eigenvalue weighted by Gasteiger charge is 2.39. The molecule has 2 heteroatoms. The molecule has 2 heterocycles. The van der Waals surface area contributed by atoms with Crippen molar-refractivity contribution in [1.82, 2.24) is 0 Å². The average Bonchev–Trinajstić information content (AvgIpc) is 2.81. The van der Waals surface area contributed by atoms with Gasteiger partial charge in [-0.15, -0.1) is 0 Å². The summed E-state index contributed by atoms with van der Waals surface area (Å²) in [7, 11) is 0. The van der Waals surface area contributed by atoms with Crippen LogP contribution in [0, 0.1) is 17.8 Å². The van der Waals surface area contributed by atoms with Gasteiger partial charge < -0.3 is 9.47 Å². The zero-order chi connectivity index (χ0) is 11.5. The fourth-order valence-corrected chi connectivity index (χ4v) is 3.97. The van der Waals surface area contributed by atoms with Crippen LogP contribution in [0.2, 0.25) is 0 Å². The minimum atomic E-state index is 0.153. The predicted molar refractivity (Wildman–Crippen MR) is 67.7 cm³/mol. The molecule has 3 rings (SSSR count). The van der Waals surface area contributed by atoms with Crippen molar-refractivity contribution >= 4 is 0 Å². The molecule has 3 fully saturated rings. The van der Waals surface area contributed by atoms with Gasteiger partial charge in [0.15, 0.2) is 6.29 Å². The second-order valence-corrected chi connectivity index (χ2v) is 6.22. The van der Waals surface area contributed by atoms with Crippen LogP contribution in [0.4, 0.5) is 0 Å². The highest BCUT2D eigenvalue weighted by Crippen LogP contribution is 2.39. The smallest absolute Gasteiger partial charge is 0.160 e. The first-order chi connectivity index (χ1) is 8.43. The molecule has 0 spiro atoms. The average molecular weight is 238 g/mol. The second kappa shape index (κ2) is 5.71. The molecule has 0 radical (unpaired) electrons. The topological polar surface area (TPSA) is 18.5 Å². The minimum absolute atomic E-state index is 0.153. The van der Waals surface area contributed by atoms with E-state index in [2.05, 4.69) is 0 Å². The lowest BCUT2D eigenvalue weighted by Gasteiger charge is -2.28. The van der Waals surface area contributed by atoms with E-state index >= 15 is 0 Å². The summed E-state index contributed by atoms with van der Waals surface area (Å²) in [6.45, 7) is 1.87. The quantitative estimate of drug-likeness (QED) is 0.745. The Morgan fingerprint density at radius 1 is 0.824 bits per heavy atom. The maximum Gasteiger partial charge on any atom is 0.160 e. The summed E-state index contributed by atoms with van der Waals surface area (Å²) in [6.07, 6.45) is 12.9. The van der Waals surface area contributed by atoms with Crippen LogP contribution in [0.3, 0.4) is 0 Å². The lowest BCUT2D eigenvalue weighted by molar-refractivity contribution is -0.151. The molecule has 0 bridgehead atoms. The molecule has 1 saturated carbocycles. The lowest BCUT2D eigenvalue weighted by Crippen LogP contribution is -2.29. The van der Waals surface area contributed by atoms with Gasteiger partial charge in [-0.25, -0.2) is 0 Å². The van der Waals surface area contributed by atoms with Crippen LogP contribution in [-0.2, 0) is 9.47 Å². The summed E-state index contributed by atoms with van der Waals surface area (Å²) in [6, 6.07) is 0. The standard InChI is InChI=1S/C15H26O2/c1-2-5-12(6-3-1)8-9-13-11-17-15-14(13)7-4-10-16-15/h12-15H,1-11H2/t13-,14-,15+/m1/s1. The summed E-state index contributed by atoms with van der Waals surface area (Å²) in [5, 5.41) is 0. The van der Waals surface area contributed by atoms with Crippen molar-refractivity contribution in [2.75, 3.05) is 13.2 Å². The fourth-order valence-electron chi connectivity index (χ4n) is 3.97. The number of hydrogen-bond donors (Lipinski definition) is 0. The number of hydrogen-bond acceptors (Lipinski definition) is 2. The van der Waals surface area contributed by atoms with E-state index in [4.69, 9.17) is 9.47 Å². The van der Waals surface area contributed by atoms with Crippen molar-refractivity contribution < 1.29 is 9.47 Å². The van der Waals surface area contributed by atoms with Crippen LogP contribution in [0.25, 0.3) is 0 Å². The first-order valence-corrected chi connectivity index (χ1v) is 7.66. The Morgan fingerprint density at radius 2 is 1.71 bits per heavy atom. The Morgan fingerprint density at radius 3 is 2.59 bits per heavy atom. The van der Waals surface area contributed by atoms with Gasteiger partial charge >= 0.3 is 0 Å². The van der Waals surface area contributed by atoms with E-state index < -0.39 is 0 Å². The summed E-state index contributed by atoms with van der Waals surface area (Å²) in [4.78, 5) is 0.